The fourth-order valence-electron chi connectivity index (χ4n) is 1.95. The quantitative estimate of drug-likeness (QED) is 0.424. The Morgan fingerprint density at radius 2 is 1.87 bits per heavy atom. The van der Waals surface area contributed by atoms with Gasteiger partial charge in [0.1, 0.15) is 0 Å². The summed E-state index contributed by atoms with van der Waals surface area (Å²) in [5.41, 5.74) is 2.50. The zero-order valence-electron chi connectivity index (χ0n) is 13.8. The van der Waals surface area contributed by atoms with Crippen molar-refractivity contribution in [2.75, 3.05) is 26.9 Å². The highest BCUT2D eigenvalue weighted by atomic mass is 16.5. The summed E-state index contributed by atoms with van der Waals surface area (Å²) in [4.78, 5) is 35.1. The highest BCUT2D eigenvalue weighted by molar-refractivity contribution is 5.99. The zero-order valence-corrected chi connectivity index (χ0v) is 13.8. The van der Waals surface area contributed by atoms with E-state index in [4.69, 9.17) is 9.47 Å². The topological polar surface area (TPSA) is 81.7 Å². The minimum absolute atomic E-state index is 0.0441. The molecular formula is C17H23NO5. The van der Waals surface area contributed by atoms with Crippen LogP contribution in [0.1, 0.15) is 34.3 Å². The molecule has 0 radical (unpaired) electrons. The van der Waals surface area contributed by atoms with Crippen molar-refractivity contribution in [3.63, 3.8) is 0 Å². The number of nitrogens with one attached hydrogen (secondary N) is 1. The highest BCUT2D eigenvalue weighted by Crippen LogP contribution is 2.14. The first-order chi connectivity index (χ1) is 10.9. The Labute approximate surface area is 136 Å². The molecular weight excluding hydrogens is 298 g/mol. The van der Waals surface area contributed by atoms with Crippen molar-refractivity contribution in [1.29, 1.82) is 0 Å². The third-order valence-electron chi connectivity index (χ3n) is 3.24. The van der Waals surface area contributed by atoms with Gasteiger partial charge in [-0.2, -0.15) is 0 Å². The van der Waals surface area contributed by atoms with Gasteiger partial charge < -0.3 is 14.8 Å². The molecule has 0 heterocycles. The van der Waals surface area contributed by atoms with Gasteiger partial charge in [0.15, 0.2) is 12.4 Å². The number of benzene rings is 1. The van der Waals surface area contributed by atoms with Crippen LogP contribution in [0.15, 0.2) is 18.2 Å². The standard InChI is InChI=1S/C17H23NO5/c1-12-4-5-13(2)14(10-12)15(19)6-7-17(21)23-11-16(20)18-8-9-22-3/h4-5,10H,6-9,11H2,1-3H3,(H,18,20). The van der Waals surface area contributed by atoms with Crippen molar-refractivity contribution < 1.29 is 23.9 Å². The Kier molecular flexibility index (Phi) is 7.97. The predicted molar refractivity (Wildman–Crippen MR) is 85.3 cm³/mol. The summed E-state index contributed by atoms with van der Waals surface area (Å²) in [6.07, 6.45) is 0.0198. The molecule has 1 rings (SSSR count). The maximum atomic E-state index is 12.1. The summed E-state index contributed by atoms with van der Waals surface area (Å²) in [7, 11) is 1.53. The summed E-state index contributed by atoms with van der Waals surface area (Å²) < 4.78 is 9.61. The number of rotatable bonds is 9. The molecule has 0 saturated carbocycles. The first-order valence-electron chi connectivity index (χ1n) is 7.45. The van der Waals surface area contributed by atoms with Crippen molar-refractivity contribution in [3.8, 4) is 0 Å². The lowest BCUT2D eigenvalue weighted by Gasteiger charge is -2.07. The molecule has 1 aromatic rings. The van der Waals surface area contributed by atoms with Crippen LogP contribution in [0.5, 0.6) is 0 Å². The van der Waals surface area contributed by atoms with Gasteiger partial charge in [0.2, 0.25) is 0 Å². The summed E-state index contributed by atoms with van der Waals surface area (Å²) in [5.74, 6) is -1.06. The second-order valence-electron chi connectivity index (χ2n) is 5.24. The predicted octanol–water partition coefficient (Wildman–Crippen LogP) is 1.57. The summed E-state index contributed by atoms with van der Waals surface area (Å²) in [6.45, 7) is 4.17. The van der Waals surface area contributed by atoms with Gasteiger partial charge in [-0.25, -0.2) is 0 Å². The molecule has 0 saturated heterocycles. The molecule has 1 N–H and O–H groups in total. The Morgan fingerprint density at radius 3 is 2.57 bits per heavy atom. The molecule has 1 amide bonds. The van der Waals surface area contributed by atoms with Crippen molar-refractivity contribution in [2.24, 2.45) is 0 Å². The fourth-order valence-corrected chi connectivity index (χ4v) is 1.95. The highest BCUT2D eigenvalue weighted by Gasteiger charge is 2.13. The Morgan fingerprint density at radius 1 is 1.13 bits per heavy atom. The third-order valence-corrected chi connectivity index (χ3v) is 3.24. The van der Waals surface area contributed by atoms with Gasteiger partial charge >= 0.3 is 5.97 Å². The molecule has 6 nitrogen and oxygen atoms in total. The molecule has 0 aliphatic heterocycles. The van der Waals surface area contributed by atoms with Gasteiger partial charge in [-0.1, -0.05) is 17.7 Å². The number of hydrogen-bond acceptors (Lipinski definition) is 5. The number of ether oxygens (including phenoxy) is 2. The fraction of sp³-hybridized carbons (Fsp3) is 0.471. The molecule has 6 heteroatoms. The van der Waals surface area contributed by atoms with Gasteiger partial charge in [-0.15, -0.1) is 0 Å². The summed E-state index contributed by atoms with van der Waals surface area (Å²) >= 11 is 0. The van der Waals surface area contributed by atoms with Crippen molar-refractivity contribution in [1.82, 2.24) is 5.32 Å². The van der Waals surface area contributed by atoms with E-state index in [1.54, 1.807) is 0 Å². The molecule has 0 aromatic heterocycles. The van der Waals surface area contributed by atoms with E-state index >= 15 is 0 Å². The van der Waals surface area contributed by atoms with Gasteiger partial charge in [0.25, 0.3) is 5.91 Å². The molecule has 0 fully saturated rings. The zero-order chi connectivity index (χ0) is 17.2. The molecule has 0 atom stereocenters. The van der Waals surface area contributed by atoms with E-state index in [9.17, 15) is 14.4 Å². The lowest BCUT2D eigenvalue weighted by molar-refractivity contribution is -0.148. The maximum absolute atomic E-state index is 12.1. The van der Waals surface area contributed by atoms with Crippen LogP contribution in [-0.2, 0) is 19.1 Å². The number of methoxy groups -OCH3 is 1. The Bertz CT molecular complexity index is 568. The normalized spacial score (nSPS) is 10.2. The van der Waals surface area contributed by atoms with E-state index in [1.165, 1.54) is 7.11 Å². The minimum Gasteiger partial charge on any atom is -0.456 e. The number of hydrogen-bond donors (Lipinski definition) is 1. The summed E-state index contributed by atoms with van der Waals surface area (Å²) in [6, 6.07) is 5.63. The Balaban J connectivity index is 2.34. The number of amides is 1. The van der Waals surface area contributed by atoms with Crippen LogP contribution >= 0.6 is 0 Å². The van der Waals surface area contributed by atoms with Crippen molar-refractivity contribution >= 4 is 17.7 Å². The van der Waals surface area contributed by atoms with Crippen LogP contribution in [0.25, 0.3) is 0 Å². The number of carbonyl (C=O) groups excluding carboxylic acids is 3. The van der Waals surface area contributed by atoms with Gasteiger partial charge in [-0.05, 0) is 25.5 Å². The van der Waals surface area contributed by atoms with Crippen LogP contribution in [-0.4, -0.2) is 44.5 Å². The van der Waals surface area contributed by atoms with E-state index in [0.29, 0.717) is 18.7 Å². The second kappa shape index (κ2) is 9.74. The number of aryl methyl sites for hydroxylation is 2. The van der Waals surface area contributed by atoms with E-state index < -0.39 is 11.9 Å². The average molecular weight is 321 g/mol. The molecule has 0 spiro atoms. The first kappa shape index (κ1) is 18.8. The number of esters is 1. The van der Waals surface area contributed by atoms with E-state index in [1.807, 2.05) is 32.0 Å². The smallest absolute Gasteiger partial charge is 0.306 e. The molecule has 0 unspecified atom stereocenters. The number of Topliss-reactive ketones (excluding diaryl/α,β-unsaturated/α-hetero) is 1. The van der Waals surface area contributed by atoms with Crippen LogP contribution in [0.3, 0.4) is 0 Å². The first-order valence-corrected chi connectivity index (χ1v) is 7.45. The second-order valence-corrected chi connectivity index (χ2v) is 5.24. The maximum Gasteiger partial charge on any atom is 0.306 e. The minimum atomic E-state index is -0.564. The van der Waals surface area contributed by atoms with Gasteiger partial charge in [0.05, 0.1) is 13.0 Å². The van der Waals surface area contributed by atoms with Crippen LogP contribution < -0.4 is 5.32 Å². The third kappa shape index (κ3) is 7.06. The molecule has 0 aliphatic rings. The van der Waals surface area contributed by atoms with Crippen molar-refractivity contribution in [3.05, 3.63) is 34.9 Å². The van der Waals surface area contributed by atoms with Gasteiger partial charge in [0, 0.05) is 25.6 Å². The Hall–Kier alpha value is -2.21. The monoisotopic (exact) mass is 321 g/mol. The molecule has 0 aliphatic carbocycles. The number of carbonyl (C=O) groups is 3. The molecule has 0 bridgehead atoms. The largest absolute Gasteiger partial charge is 0.456 e. The lowest BCUT2D eigenvalue weighted by Crippen LogP contribution is -2.31. The van der Waals surface area contributed by atoms with Crippen molar-refractivity contribution in [2.45, 2.75) is 26.7 Å². The van der Waals surface area contributed by atoms with E-state index in [0.717, 1.165) is 11.1 Å². The lowest BCUT2D eigenvalue weighted by atomic mass is 9.99. The summed E-state index contributed by atoms with van der Waals surface area (Å²) in [5, 5.41) is 2.54. The molecule has 1 aromatic carbocycles. The van der Waals surface area contributed by atoms with Crippen LogP contribution in [0, 0.1) is 13.8 Å². The number of ketones is 1. The van der Waals surface area contributed by atoms with Gasteiger partial charge in [-0.3, -0.25) is 14.4 Å². The molecule has 126 valence electrons. The average Bonchev–Trinajstić information content (AvgIpc) is 2.53. The van der Waals surface area contributed by atoms with E-state index in [-0.39, 0.29) is 25.2 Å². The van der Waals surface area contributed by atoms with Crippen LogP contribution in [0.4, 0.5) is 0 Å². The van der Waals surface area contributed by atoms with E-state index in [2.05, 4.69) is 5.32 Å². The van der Waals surface area contributed by atoms with Crippen LogP contribution in [0.2, 0.25) is 0 Å². The SMILES string of the molecule is COCCNC(=O)COC(=O)CCC(=O)c1cc(C)ccc1C. The molecule has 23 heavy (non-hydrogen) atoms.